The molecule has 0 bridgehead atoms. The molecule has 3 nitrogen and oxygen atoms in total. The van der Waals surface area contributed by atoms with Crippen LogP contribution in [0.1, 0.15) is 13.8 Å². The number of nitrogens with zero attached hydrogens (tertiary/aromatic N) is 1. The van der Waals surface area contributed by atoms with E-state index in [9.17, 15) is 4.91 Å². The average Bonchev–Trinajstić information content (AvgIpc) is 1.82. The van der Waals surface area contributed by atoms with Crippen LogP contribution in [-0.4, -0.2) is 0 Å². The van der Waals surface area contributed by atoms with Gasteiger partial charge in [0.25, 0.3) is 5.88 Å². The van der Waals surface area contributed by atoms with Crippen molar-refractivity contribution in [3.63, 3.8) is 0 Å². The van der Waals surface area contributed by atoms with Crippen LogP contribution in [0.2, 0.25) is 0 Å². The first-order chi connectivity index (χ1) is 4.20. The summed E-state index contributed by atoms with van der Waals surface area (Å²) in [7, 11) is 0. The van der Waals surface area contributed by atoms with E-state index >= 15 is 0 Å². The smallest absolute Gasteiger partial charge is 0.256 e. The van der Waals surface area contributed by atoms with Crippen molar-refractivity contribution in [3.05, 3.63) is 29.2 Å². The van der Waals surface area contributed by atoms with Crippen LogP contribution < -0.4 is 0 Å². The van der Waals surface area contributed by atoms with E-state index in [2.05, 4.69) is 11.8 Å². The zero-order valence-electron chi connectivity index (χ0n) is 5.55. The lowest BCUT2D eigenvalue weighted by Gasteiger charge is -1.98. The van der Waals surface area contributed by atoms with Crippen molar-refractivity contribution in [1.29, 1.82) is 0 Å². The molecule has 0 N–H and O–H groups in total. The molecule has 0 rings (SSSR count). The van der Waals surface area contributed by atoms with E-state index in [0.717, 1.165) is 0 Å². The number of rotatable bonds is 3. The zero-order chi connectivity index (χ0) is 7.28. The van der Waals surface area contributed by atoms with E-state index in [1.165, 1.54) is 6.08 Å². The molecule has 0 aliphatic rings. The van der Waals surface area contributed by atoms with Crippen molar-refractivity contribution in [3.8, 4) is 0 Å². The Balaban J connectivity index is 3.86. The molecule has 0 radical (unpaired) electrons. The van der Waals surface area contributed by atoms with E-state index in [0.29, 0.717) is 5.76 Å². The second-order valence-electron chi connectivity index (χ2n) is 1.52. The molecule has 0 aliphatic heterocycles. The van der Waals surface area contributed by atoms with Crippen LogP contribution in [-0.2, 0) is 4.74 Å². The van der Waals surface area contributed by atoms with Crippen molar-refractivity contribution in [2.24, 2.45) is 5.18 Å². The van der Waals surface area contributed by atoms with Gasteiger partial charge in [-0.1, -0.05) is 6.58 Å². The maximum atomic E-state index is 9.79. The zero-order valence-corrected chi connectivity index (χ0v) is 5.55. The highest BCUT2D eigenvalue weighted by Gasteiger charge is 1.92. The first-order valence-electron chi connectivity index (χ1n) is 2.53. The predicted molar refractivity (Wildman–Crippen MR) is 35.5 cm³/mol. The molecule has 0 aromatic carbocycles. The minimum atomic E-state index is 0.0579. The summed E-state index contributed by atoms with van der Waals surface area (Å²) < 4.78 is 4.74. The van der Waals surface area contributed by atoms with Gasteiger partial charge in [0.1, 0.15) is 0 Å². The minimum Gasteiger partial charge on any atom is -0.442 e. The fourth-order valence-electron chi connectivity index (χ4n) is 0.309. The van der Waals surface area contributed by atoms with E-state index in [1.807, 2.05) is 0 Å². The number of allylic oxidation sites excluding steroid dienone is 2. The molecule has 0 heterocycles. The summed E-state index contributed by atoms with van der Waals surface area (Å²) in [5.41, 5.74) is 0. The highest BCUT2D eigenvalue weighted by Crippen LogP contribution is 2.03. The maximum Gasteiger partial charge on any atom is 0.256 e. The number of ether oxygens (including phenoxy) is 1. The largest absolute Gasteiger partial charge is 0.442 e. The van der Waals surface area contributed by atoms with Gasteiger partial charge in [-0.25, -0.2) is 0 Å². The Hall–Kier alpha value is -1.12. The first-order valence-corrected chi connectivity index (χ1v) is 2.53. The van der Waals surface area contributed by atoms with Crippen LogP contribution in [0.25, 0.3) is 0 Å². The highest BCUT2D eigenvalue weighted by molar-refractivity contribution is 4.92. The second kappa shape index (κ2) is 3.83. The third-order valence-corrected chi connectivity index (χ3v) is 0.616. The maximum absolute atomic E-state index is 9.79. The van der Waals surface area contributed by atoms with Gasteiger partial charge in [0, 0.05) is 5.18 Å². The molecule has 0 aromatic heterocycles. The van der Waals surface area contributed by atoms with Crippen LogP contribution in [0, 0.1) is 4.91 Å². The topological polar surface area (TPSA) is 38.7 Å². The summed E-state index contributed by atoms with van der Waals surface area (Å²) in [6.45, 7) is 6.74. The minimum absolute atomic E-state index is 0.0579. The highest BCUT2D eigenvalue weighted by atomic mass is 16.5. The Kier molecular flexibility index (Phi) is 3.35. The second-order valence-corrected chi connectivity index (χ2v) is 1.52. The molecular formula is C6H9NO2. The third-order valence-electron chi connectivity index (χ3n) is 0.616. The summed E-state index contributed by atoms with van der Waals surface area (Å²) in [6, 6.07) is 0. The molecule has 9 heavy (non-hydrogen) atoms. The van der Waals surface area contributed by atoms with Crippen molar-refractivity contribution >= 4 is 0 Å². The van der Waals surface area contributed by atoms with E-state index in [4.69, 9.17) is 4.74 Å². The molecule has 0 saturated carbocycles. The average molecular weight is 127 g/mol. The Morgan fingerprint density at radius 1 is 1.78 bits per heavy atom. The van der Waals surface area contributed by atoms with Gasteiger partial charge in [0.2, 0.25) is 0 Å². The third kappa shape index (κ3) is 3.46. The van der Waals surface area contributed by atoms with Gasteiger partial charge in [0.05, 0.1) is 5.76 Å². The van der Waals surface area contributed by atoms with Crippen LogP contribution in [0.15, 0.2) is 29.5 Å². The molecule has 0 aliphatic carbocycles. The monoisotopic (exact) mass is 127 g/mol. The summed E-state index contributed by atoms with van der Waals surface area (Å²) in [4.78, 5) is 9.79. The standard InChI is InChI=1S/C6H9NO2/c1-4-6(7-8)9-5(2)3/h4H,2H2,1,3H3/b6-4-. The van der Waals surface area contributed by atoms with Gasteiger partial charge in [0.15, 0.2) is 0 Å². The van der Waals surface area contributed by atoms with Gasteiger partial charge < -0.3 is 4.74 Å². The quantitative estimate of drug-likeness (QED) is 0.430. The van der Waals surface area contributed by atoms with E-state index in [1.54, 1.807) is 13.8 Å². The normalized spacial score (nSPS) is 10.7. The number of nitroso groups, excluding NO2 is 1. The predicted octanol–water partition coefficient (Wildman–Crippen LogP) is 2.16. The van der Waals surface area contributed by atoms with Gasteiger partial charge in [-0.15, -0.1) is 4.91 Å². The Bertz CT molecular complexity index is 149. The summed E-state index contributed by atoms with van der Waals surface area (Å²) >= 11 is 0. The lowest BCUT2D eigenvalue weighted by atomic mass is 10.6. The van der Waals surface area contributed by atoms with Gasteiger partial charge in [-0.2, -0.15) is 0 Å². The van der Waals surface area contributed by atoms with Crippen LogP contribution in [0.5, 0.6) is 0 Å². The lowest BCUT2D eigenvalue weighted by Crippen LogP contribution is -1.82. The molecule has 3 heteroatoms. The van der Waals surface area contributed by atoms with Gasteiger partial charge >= 0.3 is 0 Å². The Labute approximate surface area is 54.0 Å². The lowest BCUT2D eigenvalue weighted by molar-refractivity contribution is 0.304. The Morgan fingerprint density at radius 3 is 2.44 bits per heavy atom. The molecule has 0 spiro atoms. The van der Waals surface area contributed by atoms with E-state index < -0.39 is 0 Å². The summed E-state index contributed by atoms with van der Waals surface area (Å²) in [5, 5.41) is 2.57. The van der Waals surface area contributed by atoms with Crippen LogP contribution >= 0.6 is 0 Å². The van der Waals surface area contributed by atoms with Crippen molar-refractivity contribution in [2.45, 2.75) is 13.8 Å². The van der Waals surface area contributed by atoms with Gasteiger partial charge in [-0.05, 0) is 19.9 Å². The van der Waals surface area contributed by atoms with Crippen LogP contribution in [0.3, 0.4) is 0 Å². The Morgan fingerprint density at radius 2 is 2.33 bits per heavy atom. The molecule has 0 atom stereocenters. The SMILES string of the molecule is C=C(C)O/C(=C\C)N=O. The number of hydrogen-bond acceptors (Lipinski definition) is 3. The van der Waals surface area contributed by atoms with Crippen molar-refractivity contribution in [1.82, 2.24) is 0 Å². The fourth-order valence-corrected chi connectivity index (χ4v) is 0.309. The molecule has 0 aromatic rings. The first kappa shape index (κ1) is 7.88. The molecule has 0 unspecified atom stereocenters. The molecule has 0 amide bonds. The summed E-state index contributed by atoms with van der Waals surface area (Å²) in [6.07, 6.45) is 1.47. The molecule has 0 saturated heterocycles. The summed E-state index contributed by atoms with van der Waals surface area (Å²) in [5.74, 6) is 0.519. The van der Waals surface area contributed by atoms with Crippen molar-refractivity contribution in [2.75, 3.05) is 0 Å². The van der Waals surface area contributed by atoms with Crippen LogP contribution in [0.4, 0.5) is 0 Å². The molecular weight excluding hydrogens is 118 g/mol. The fraction of sp³-hybridized carbons (Fsp3) is 0.333. The van der Waals surface area contributed by atoms with Gasteiger partial charge in [-0.3, -0.25) is 0 Å². The molecule has 0 fully saturated rings. The van der Waals surface area contributed by atoms with E-state index in [-0.39, 0.29) is 5.88 Å². The molecule has 50 valence electrons. The number of hydrogen-bond donors (Lipinski definition) is 0. The van der Waals surface area contributed by atoms with Crippen molar-refractivity contribution < 1.29 is 4.74 Å².